The Morgan fingerprint density at radius 1 is 1.23 bits per heavy atom. The van der Waals surface area contributed by atoms with Crippen LogP contribution < -0.4 is 15.1 Å². The molecule has 5 rings (SSSR count). The molecule has 1 aliphatic carbocycles. The van der Waals surface area contributed by atoms with Gasteiger partial charge in [0, 0.05) is 38.6 Å². The molecule has 1 aliphatic heterocycles. The van der Waals surface area contributed by atoms with Gasteiger partial charge in [0.1, 0.15) is 23.6 Å². The first-order valence-corrected chi connectivity index (χ1v) is 10.8. The third-order valence-corrected chi connectivity index (χ3v) is 6.51. The van der Waals surface area contributed by atoms with Crippen molar-refractivity contribution in [1.29, 1.82) is 0 Å². The Bertz CT molecular complexity index is 1070. The molecule has 3 N–H and O–H groups in total. The van der Waals surface area contributed by atoms with Gasteiger partial charge in [-0.15, -0.1) is 0 Å². The smallest absolute Gasteiger partial charge is 0.253 e. The van der Waals surface area contributed by atoms with Crippen molar-refractivity contribution in [2.75, 3.05) is 29.9 Å². The quantitative estimate of drug-likeness (QED) is 0.575. The number of nitrogens with zero attached hydrogens (tertiary/aromatic N) is 5. The average Bonchev–Trinajstić information content (AvgIpc) is 3.54. The highest BCUT2D eigenvalue weighted by Crippen LogP contribution is 2.28. The summed E-state index contributed by atoms with van der Waals surface area (Å²) in [6, 6.07) is 5.84. The minimum Gasteiger partial charge on any atom is -0.391 e. The van der Waals surface area contributed by atoms with Crippen molar-refractivity contribution in [3.63, 3.8) is 0 Å². The van der Waals surface area contributed by atoms with Crippen LogP contribution in [0.4, 0.5) is 11.6 Å². The number of aliphatic hydroxyl groups excluding tert-OH is 1. The fourth-order valence-electron chi connectivity index (χ4n) is 4.64. The summed E-state index contributed by atoms with van der Waals surface area (Å²) in [5.74, 6) is 1.61. The van der Waals surface area contributed by atoms with Gasteiger partial charge in [0.15, 0.2) is 0 Å². The summed E-state index contributed by atoms with van der Waals surface area (Å²) in [5.41, 5.74) is 1.36. The molecule has 0 aromatic carbocycles. The van der Waals surface area contributed by atoms with E-state index in [9.17, 15) is 9.90 Å². The maximum atomic E-state index is 12.5. The number of carbonyl (C=O) groups excluding carboxylic acids is 1. The fraction of sp³-hybridized carbons (Fsp3) is 0.455. The Kier molecular flexibility index (Phi) is 5.19. The Morgan fingerprint density at radius 3 is 2.90 bits per heavy atom. The summed E-state index contributed by atoms with van der Waals surface area (Å²) in [4.78, 5) is 33.4. The molecule has 9 nitrogen and oxygen atoms in total. The molecule has 3 aromatic heterocycles. The molecular formula is C22H27N7O2. The maximum Gasteiger partial charge on any atom is 0.253 e. The first-order valence-electron chi connectivity index (χ1n) is 10.8. The van der Waals surface area contributed by atoms with Crippen molar-refractivity contribution < 1.29 is 9.90 Å². The summed E-state index contributed by atoms with van der Waals surface area (Å²) in [6.07, 6.45) is 8.15. The number of hydrogen-bond acceptors (Lipinski definition) is 7. The van der Waals surface area contributed by atoms with Gasteiger partial charge in [-0.3, -0.25) is 4.79 Å². The highest BCUT2D eigenvalue weighted by atomic mass is 16.3. The van der Waals surface area contributed by atoms with Crippen molar-refractivity contribution in [3.05, 3.63) is 42.5 Å². The number of carbonyl (C=O) groups is 1. The zero-order valence-corrected chi connectivity index (χ0v) is 17.5. The SMILES string of the molecule is CN(c1ccc(C(=O)N[C@@H]2CCC[C@H]2O)cn1)[C@@H]1CCN(c2ncnc3[nH]ccc23)C1. The summed E-state index contributed by atoms with van der Waals surface area (Å²) in [6.45, 7) is 1.76. The van der Waals surface area contributed by atoms with E-state index in [4.69, 9.17) is 0 Å². The molecule has 1 saturated carbocycles. The second-order valence-corrected chi connectivity index (χ2v) is 8.42. The monoisotopic (exact) mass is 421 g/mol. The molecule has 3 atom stereocenters. The lowest BCUT2D eigenvalue weighted by atomic mass is 10.2. The largest absolute Gasteiger partial charge is 0.391 e. The summed E-state index contributed by atoms with van der Waals surface area (Å²) in [7, 11) is 2.04. The van der Waals surface area contributed by atoms with E-state index in [-0.39, 0.29) is 11.9 Å². The Labute approximate surface area is 180 Å². The molecule has 0 spiro atoms. The molecule has 31 heavy (non-hydrogen) atoms. The number of hydrogen-bond donors (Lipinski definition) is 3. The predicted octanol–water partition coefficient (Wildman–Crippen LogP) is 1.71. The maximum absolute atomic E-state index is 12.5. The van der Waals surface area contributed by atoms with Crippen LogP contribution in [-0.2, 0) is 0 Å². The van der Waals surface area contributed by atoms with Crippen LogP contribution in [0.1, 0.15) is 36.0 Å². The van der Waals surface area contributed by atoms with Crippen molar-refractivity contribution in [3.8, 4) is 0 Å². The first kappa shape index (κ1) is 19.7. The summed E-state index contributed by atoms with van der Waals surface area (Å²) < 4.78 is 0. The second kappa shape index (κ2) is 8.14. The molecule has 1 amide bonds. The van der Waals surface area contributed by atoms with Crippen molar-refractivity contribution in [2.45, 2.75) is 43.9 Å². The van der Waals surface area contributed by atoms with Crippen LogP contribution in [-0.4, -0.2) is 69.3 Å². The lowest BCUT2D eigenvalue weighted by Crippen LogP contribution is -2.40. The lowest BCUT2D eigenvalue weighted by molar-refractivity contribution is 0.0873. The zero-order chi connectivity index (χ0) is 21.4. The van der Waals surface area contributed by atoms with E-state index in [1.165, 1.54) is 0 Å². The molecular weight excluding hydrogens is 394 g/mol. The van der Waals surface area contributed by atoms with Crippen LogP contribution in [0.2, 0.25) is 0 Å². The van der Waals surface area contributed by atoms with Gasteiger partial charge in [0.05, 0.1) is 23.1 Å². The highest BCUT2D eigenvalue weighted by molar-refractivity contribution is 5.94. The van der Waals surface area contributed by atoms with E-state index >= 15 is 0 Å². The number of anilines is 2. The Balaban J connectivity index is 1.24. The van der Waals surface area contributed by atoms with Gasteiger partial charge in [-0.1, -0.05) is 0 Å². The lowest BCUT2D eigenvalue weighted by Gasteiger charge is -2.26. The topological polar surface area (TPSA) is 110 Å². The van der Waals surface area contributed by atoms with Crippen LogP contribution in [0.5, 0.6) is 0 Å². The van der Waals surface area contributed by atoms with Crippen LogP contribution >= 0.6 is 0 Å². The minimum absolute atomic E-state index is 0.160. The minimum atomic E-state index is -0.449. The summed E-state index contributed by atoms with van der Waals surface area (Å²) >= 11 is 0. The number of aliphatic hydroxyl groups is 1. The van der Waals surface area contributed by atoms with E-state index < -0.39 is 6.10 Å². The van der Waals surface area contributed by atoms with E-state index in [0.29, 0.717) is 11.6 Å². The normalized spacial score (nSPS) is 23.4. The molecule has 4 heterocycles. The molecule has 1 saturated heterocycles. The van der Waals surface area contributed by atoms with Gasteiger partial charge >= 0.3 is 0 Å². The highest BCUT2D eigenvalue weighted by Gasteiger charge is 2.29. The Hall–Kier alpha value is -3.20. The average molecular weight is 422 g/mol. The molecule has 2 aliphatic rings. The van der Waals surface area contributed by atoms with Gasteiger partial charge in [0.2, 0.25) is 0 Å². The number of rotatable bonds is 5. The number of fused-ring (bicyclic) bond motifs is 1. The molecule has 3 aromatic rings. The van der Waals surface area contributed by atoms with Gasteiger partial charge in [0.25, 0.3) is 5.91 Å². The fourth-order valence-corrected chi connectivity index (χ4v) is 4.64. The third kappa shape index (κ3) is 3.81. The molecule has 0 bridgehead atoms. The van der Waals surface area contributed by atoms with Gasteiger partial charge < -0.3 is 25.2 Å². The standard InChI is InChI=1S/C22H27N7O2/c1-28(15-8-10-29(12-15)21-16-7-9-23-20(16)25-13-26-21)19-6-5-14(11-24-19)22(31)27-17-3-2-4-18(17)30/h5-7,9,11,13,15,17-18,30H,2-4,8,10,12H2,1H3,(H,27,31)(H,23,25,26)/t15-,17-,18-/m1/s1. The van der Waals surface area contributed by atoms with Gasteiger partial charge in [-0.25, -0.2) is 15.0 Å². The number of likely N-dealkylation sites (N-methyl/N-ethyl adjacent to an activating group) is 1. The number of aromatic amines is 1. The number of pyridine rings is 1. The number of nitrogens with one attached hydrogen (secondary N) is 2. The third-order valence-electron chi connectivity index (χ3n) is 6.51. The van der Waals surface area contributed by atoms with Gasteiger partial charge in [-0.05, 0) is 43.9 Å². The first-order chi connectivity index (χ1) is 15.1. The number of aromatic nitrogens is 4. The van der Waals surface area contributed by atoms with E-state index in [1.54, 1.807) is 18.6 Å². The van der Waals surface area contributed by atoms with Crippen LogP contribution in [0.15, 0.2) is 36.9 Å². The van der Waals surface area contributed by atoms with E-state index in [0.717, 1.165) is 61.4 Å². The van der Waals surface area contributed by atoms with Crippen molar-refractivity contribution in [1.82, 2.24) is 25.3 Å². The molecule has 162 valence electrons. The Morgan fingerprint density at radius 2 is 2.13 bits per heavy atom. The summed E-state index contributed by atoms with van der Waals surface area (Å²) in [5, 5.41) is 13.9. The van der Waals surface area contributed by atoms with E-state index in [2.05, 4.69) is 35.1 Å². The van der Waals surface area contributed by atoms with Crippen molar-refractivity contribution in [2.24, 2.45) is 0 Å². The van der Waals surface area contributed by atoms with E-state index in [1.807, 2.05) is 25.4 Å². The van der Waals surface area contributed by atoms with Crippen LogP contribution in [0.3, 0.4) is 0 Å². The van der Waals surface area contributed by atoms with Crippen LogP contribution in [0, 0.1) is 0 Å². The van der Waals surface area contributed by atoms with Gasteiger partial charge in [-0.2, -0.15) is 0 Å². The molecule has 0 unspecified atom stereocenters. The second-order valence-electron chi connectivity index (χ2n) is 8.42. The van der Waals surface area contributed by atoms with Crippen molar-refractivity contribution >= 4 is 28.6 Å². The molecule has 9 heteroatoms. The van der Waals surface area contributed by atoms with Crippen LogP contribution in [0.25, 0.3) is 11.0 Å². The molecule has 2 fully saturated rings. The predicted molar refractivity (Wildman–Crippen MR) is 118 cm³/mol. The molecule has 0 radical (unpaired) electrons. The number of amides is 1. The zero-order valence-electron chi connectivity index (χ0n) is 17.5. The number of H-pyrrole nitrogens is 1.